The van der Waals surface area contributed by atoms with Crippen molar-refractivity contribution in [3.63, 3.8) is 0 Å². The highest BCUT2D eigenvalue weighted by molar-refractivity contribution is 5.65. The van der Waals surface area contributed by atoms with Crippen molar-refractivity contribution in [2.45, 2.75) is 20.8 Å². The number of nitrogens with two attached hydrogens (primary N) is 1. The molecule has 0 aliphatic rings. The van der Waals surface area contributed by atoms with Crippen LogP contribution in [0.5, 0.6) is 0 Å². The summed E-state index contributed by atoms with van der Waals surface area (Å²) in [4.78, 5) is 0. The zero-order valence-electron chi connectivity index (χ0n) is 12.3. The van der Waals surface area contributed by atoms with E-state index in [0.29, 0.717) is 0 Å². The monoisotopic (exact) mass is 279 g/mol. The maximum Gasteiger partial charge on any atom is 0.187 e. The first-order valence-corrected chi connectivity index (χ1v) is 6.78. The van der Waals surface area contributed by atoms with Crippen LogP contribution < -0.4 is 5.73 Å². The van der Waals surface area contributed by atoms with Crippen LogP contribution in [0.3, 0.4) is 0 Å². The predicted molar refractivity (Wildman–Crippen MR) is 83.2 cm³/mol. The van der Waals surface area contributed by atoms with Crippen molar-refractivity contribution in [2.24, 2.45) is 0 Å². The Morgan fingerprint density at radius 1 is 0.952 bits per heavy atom. The summed E-state index contributed by atoms with van der Waals surface area (Å²) < 4.78 is 1.76. The van der Waals surface area contributed by atoms with Gasteiger partial charge in [0.05, 0.1) is 5.69 Å². The molecule has 0 saturated heterocycles. The molecule has 0 bridgehead atoms. The zero-order valence-corrected chi connectivity index (χ0v) is 12.3. The molecule has 3 aromatic rings. The number of hydrogen-bond donors (Lipinski definition) is 1. The first kappa shape index (κ1) is 13.3. The van der Waals surface area contributed by atoms with Gasteiger partial charge >= 0.3 is 0 Å². The molecule has 21 heavy (non-hydrogen) atoms. The van der Waals surface area contributed by atoms with Crippen molar-refractivity contribution in [3.8, 4) is 17.1 Å². The quantitative estimate of drug-likeness (QED) is 0.732. The molecule has 2 aromatic carbocycles. The molecule has 0 amide bonds. The average molecular weight is 279 g/mol. The van der Waals surface area contributed by atoms with Crippen molar-refractivity contribution >= 4 is 5.69 Å². The van der Waals surface area contributed by atoms with Crippen LogP contribution >= 0.6 is 0 Å². The second kappa shape index (κ2) is 5.01. The van der Waals surface area contributed by atoms with E-state index in [0.717, 1.165) is 28.3 Å². The minimum atomic E-state index is 0.720. The highest BCUT2D eigenvalue weighted by Gasteiger charge is 2.13. The molecule has 106 valence electrons. The molecule has 0 saturated carbocycles. The normalized spacial score (nSPS) is 10.8. The Kier molecular flexibility index (Phi) is 3.17. The summed E-state index contributed by atoms with van der Waals surface area (Å²) in [5, 5.41) is 12.1. The Morgan fingerprint density at radius 2 is 1.67 bits per heavy atom. The average Bonchev–Trinajstić information content (AvgIpc) is 2.86. The fourth-order valence-electron chi connectivity index (χ4n) is 2.54. The largest absolute Gasteiger partial charge is 0.399 e. The van der Waals surface area contributed by atoms with E-state index in [1.54, 1.807) is 4.68 Å². The van der Waals surface area contributed by atoms with Crippen molar-refractivity contribution in [1.82, 2.24) is 20.2 Å². The number of aromatic nitrogens is 4. The molecule has 0 aliphatic carbocycles. The topological polar surface area (TPSA) is 69.6 Å². The van der Waals surface area contributed by atoms with Crippen molar-refractivity contribution in [3.05, 3.63) is 53.1 Å². The molecule has 0 radical (unpaired) electrons. The Hall–Kier alpha value is -2.69. The van der Waals surface area contributed by atoms with Crippen LogP contribution in [-0.4, -0.2) is 20.2 Å². The third-order valence-electron chi connectivity index (χ3n) is 3.41. The SMILES string of the molecule is Cc1cc(C)cc(-n2nnnc2-c2ccc(N)cc2C)c1. The van der Waals surface area contributed by atoms with E-state index < -0.39 is 0 Å². The van der Waals surface area contributed by atoms with E-state index in [1.807, 2.05) is 25.1 Å². The van der Waals surface area contributed by atoms with E-state index in [4.69, 9.17) is 5.73 Å². The lowest BCUT2D eigenvalue weighted by atomic mass is 10.1. The zero-order chi connectivity index (χ0) is 15.0. The number of tetrazole rings is 1. The van der Waals surface area contributed by atoms with Gasteiger partial charge in [0.1, 0.15) is 0 Å². The fourth-order valence-corrected chi connectivity index (χ4v) is 2.54. The molecule has 0 aliphatic heterocycles. The van der Waals surface area contributed by atoms with Gasteiger partial charge in [-0.05, 0) is 78.2 Å². The summed E-state index contributed by atoms with van der Waals surface area (Å²) in [5.74, 6) is 0.720. The fraction of sp³-hybridized carbons (Fsp3) is 0.188. The number of nitrogens with zero attached hydrogens (tertiary/aromatic N) is 4. The van der Waals surface area contributed by atoms with Crippen molar-refractivity contribution in [2.75, 3.05) is 5.73 Å². The number of nitrogen functional groups attached to an aromatic ring is 1. The smallest absolute Gasteiger partial charge is 0.187 e. The van der Waals surface area contributed by atoms with Gasteiger partial charge < -0.3 is 5.73 Å². The van der Waals surface area contributed by atoms with Gasteiger partial charge in [0.25, 0.3) is 0 Å². The van der Waals surface area contributed by atoms with Gasteiger partial charge in [-0.1, -0.05) is 6.07 Å². The molecule has 0 atom stereocenters. The van der Waals surface area contributed by atoms with E-state index in [2.05, 4.69) is 47.6 Å². The molecule has 0 fully saturated rings. The molecule has 0 unspecified atom stereocenters. The van der Waals surface area contributed by atoms with Crippen LogP contribution in [0.15, 0.2) is 36.4 Å². The number of aryl methyl sites for hydroxylation is 3. The molecular weight excluding hydrogens is 262 g/mol. The maximum absolute atomic E-state index is 5.81. The van der Waals surface area contributed by atoms with E-state index in [-0.39, 0.29) is 0 Å². The lowest BCUT2D eigenvalue weighted by Gasteiger charge is -2.09. The van der Waals surface area contributed by atoms with E-state index >= 15 is 0 Å². The third kappa shape index (κ3) is 2.50. The Balaban J connectivity index is 2.17. The Labute approximate surface area is 123 Å². The first-order chi connectivity index (χ1) is 10.0. The summed E-state index contributed by atoms with van der Waals surface area (Å²) in [5.41, 5.74) is 11.9. The van der Waals surface area contributed by atoms with E-state index in [1.165, 1.54) is 11.1 Å². The predicted octanol–water partition coefficient (Wildman–Crippen LogP) is 2.84. The maximum atomic E-state index is 5.81. The lowest BCUT2D eigenvalue weighted by molar-refractivity contribution is 0.790. The van der Waals surface area contributed by atoms with Gasteiger partial charge in [-0.15, -0.1) is 5.10 Å². The van der Waals surface area contributed by atoms with Gasteiger partial charge in [-0.3, -0.25) is 0 Å². The molecule has 3 rings (SSSR count). The Morgan fingerprint density at radius 3 is 2.33 bits per heavy atom. The van der Waals surface area contributed by atoms with E-state index in [9.17, 15) is 0 Å². The number of benzene rings is 2. The summed E-state index contributed by atoms with van der Waals surface area (Å²) >= 11 is 0. The van der Waals surface area contributed by atoms with Crippen LogP contribution in [0.2, 0.25) is 0 Å². The van der Waals surface area contributed by atoms with Crippen molar-refractivity contribution in [1.29, 1.82) is 0 Å². The van der Waals surface area contributed by atoms with Gasteiger partial charge in [0.15, 0.2) is 5.82 Å². The summed E-state index contributed by atoms with van der Waals surface area (Å²) in [7, 11) is 0. The van der Waals surface area contributed by atoms with Crippen LogP contribution in [0, 0.1) is 20.8 Å². The standard InChI is InChI=1S/C16H17N5/c1-10-6-11(2)8-14(7-10)21-16(18-19-20-21)15-5-4-13(17)9-12(15)3/h4-9H,17H2,1-3H3. The van der Waals surface area contributed by atoms with Crippen LogP contribution in [0.4, 0.5) is 5.69 Å². The van der Waals surface area contributed by atoms with Crippen molar-refractivity contribution < 1.29 is 0 Å². The van der Waals surface area contributed by atoms with Gasteiger partial charge in [0, 0.05) is 11.3 Å². The van der Waals surface area contributed by atoms with Crippen LogP contribution in [0.25, 0.3) is 17.1 Å². The minimum Gasteiger partial charge on any atom is -0.399 e. The molecule has 5 heteroatoms. The third-order valence-corrected chi connectivity index (χ3v) is 3.41. The second-order valence-electron chi connectivity index (χ2n) is 5.33. The highest BCUT2D eigenvalue weighted by Crippen LogP contribution is 2.25. The lowest BCUT2D eigenvalue weighted by Crippen LogP contribution is -2.02. The first-order valence-electron chi connectivity index (χ1n) is 6.78. The number of hydrogen-bond acceptors (Lipinski definition) is 4. The minimum absolute atomic E-state index is 0.720. The molecule has 0 spiro atoms. The summed E-state index contributed by atoms with van der Waals surface area (Å²) in [6, 6.07) is 12.0. The number of rotatable bonds is 2. The van der Waals surface area contributed by atoms with Gasteiger partial charge in [0.2, 0.25) is 0 Å². The summed E-state index contributed by atoms with van der Waals surface area (Å²) in [6.07, 6.45) is 0. The molecule has 1 aromatic heterocycles. The molecular formula is C16H17N5. The van der Waals surface area contributed by atoms with Gasteiger partial charge in [-0.25, -0.2) is 0 Å². The second-order valence-corrected chi connectivity index (χ2v) is 5.33. The highest BCUT2D eigenvalue weighted by atomic mass is 15.5. The van der Waals surface area contributed by atoms with Gasteiger partial charge in [-0.2, -0.15) is 4.68 Å². The number of anilines is 1. The molecule has 1 heterocycles. The molecule has 5 nitrogen and oxygen atoms in total. The molecule has 2 N–H and O–H groups in total. The Bertz CT molecular complexity index is 784. The van der Waals surface area contributed by atoms with Crippen LogP contribution in [-0.2, 0) is 0 Å². The summed E-state index contributed by atoms with van der Waals surface area (Å²) in [6.45, 7) is 6.14. The van der Waals surface area contributed by atoms with Crippen LogP contribution in [0.1, 0.15) is 16.7 Å².